The zero-order valence-corrected chi connectivity index (χ0v) is 18.0. The van der Waals surface area contributed by atoms with Gasteiger partial charge in [0.15, 0.2) is 17.5 Å². The van der Waals surface area contributed by atoms with Crippen LogP contribution in [0.2, 0.25) is 0 Å². The Morgan fingerprint density at radius 3 is 2.47 bits per heavy atom. The van der Waals surface area contributed by atoms with E-state index >= 15 is 0 Å². The second-order valence-electron chi connectivity index (χ2n) is 7.83. The van der Waals surface area contributed by atoms with Crippen LogP contribution in [0.15, 0.2) is 29.5 Å². The van der Waals surface area contributed by atoms with E-state index in [0.29, 0.717) is 44.0 Å². The Kier molecular flexibility index (Phi) is 5.55. The van der Waals surface area contributed by atoms with E-state index in [4.69, 9.17) is 0 Å². The largest absolute Gasteiger partial charge is 0.341 e. The molecule has 14 heteroatoms. The Hall–Kier alpha value is -4.10. The lowest BCUT2D eigenvalue weighted by Crippen LogP contribution is -2.52. The first-order valence-corrected chi connectivity index (χ1v) is 10.5. The van der Waals surface area contributed by atoms with Gasteiger partial charge in [-0.2, -0.15) is 14.8 Å². The van der Waals surface area contributed by atoms with Crippen molar-refractivity contribution in [3.8, 4) is 5.82 Å². The molecule has 2 aliphatic heterocycles. The summed E-state index contributed by atoms with van der Waals surface area (Å²) in [7, 11) is 0. The van der Waals surface area contributed by atoms with Gasteiger partial charge in [-0.05, 0) is 35.0 Å². The van der Waals surface area contributed by atoms with Crippen molar-refractivity contribution in [1.29, 1.82) is 0 Å². The first-order valence-electron chi connectivity index (χ1n) is 10.5. The van der Waals surface area contributed by atoms with Crippen molar-refractivity contribution in [2.75, 3.05) is 31.1 Å². The molecule has 0 bridgehead atoms. The Balaban J connectivity index is 1.28. The second kappa shape index (κ2) is 8.68. The molecule has 0 saturated carbocycles. The molecular weight excluding hydrogens is 453 g/mol. The van der Waals surface area contributed by atoms with E-state index in [-0.39, 0.29) is 17.8 Å². The predicted molar refractivity (Wildman–Crippen MR) is 113 cm³/mol. The third kappa shape index (κ3) is 4.02. The molecule has 0 radical (unpaired) electrons. The van der Waals surface area contributed by atoms with Gasteiger partial charge in [-0.1, -0.05) is 0 Å². The predicted octanol–water partition coefficient (Wildman–Crippen LogP) is 1.85. The zero-order valence-electron chi connectivity index (χ0n) is 18.0. The number of rotatable bonds is 3. The molecule has 1 saturated heterocycles. The number of aromatic nitrogens is 6. The molecule has 5 rings (SSSR count). The highest BCUT2D eigenvalue weighted by Crippen LogP contribution is 2.30. The van der Waals surface area contributed by atoms with Crippen molar-refractivity contribution in [1.82, 2.24) is 40.1 Å². The quantitative estimate of drug-likeness (QED) is 0.572. The molecule has 1 atom stereocenters. The summed E-state index contributed by atoms with van der Waals surface area (Å²) in [6.45, 7) is 3.06. The SMILES string of the molecule is Cc1nnnn1-c1nc(N2CCN(C(=O)N3N=CC[C@H]3c3cc(F)cc(F)c3)CC2)ncc1F. The number of aryl methyl sites for hydroxylation is 1. The van der Waals surface area contributed by atoms with Crippen molar-refractivity contribution in [3.63, 3.8) is 0 Å². The van der Waals surface area contributed by atoms with Gasteiger partial charge >= 0.3 is 6.03 Å². The lowest BCUT2D eigenvalue weighted by atomic mass is 10.0. The first kappa shape index (κ1) is 21.7. The van der Waals surface area contributed by atoms with Crippen LogP contribution in [0, 0.1) is 24.4 Å². The van der Waals surface area contributed by atoms with Crippen LogP contribution in [0.25, 0.3) is 5.82 Å². The fraction of sp³-hybridized carbons (Fsp3) is 0.350. The number of carbonyl (C=O) groups excluding carboxylic acids is 1. The van der Waals surface area contributed by atoms with Gasteiger partial charge in [0, 0.05) is 44.9 Å². The minimum Gasteiger partial charge on any atom is -0.337 e. The summed E-state index contributed by atoms with van der Waals surface area (Å²) in [5.74, 6) is -1.50. The summed E-state index contributed by atoms with van der Waals surface area (Å²) in [6.07, 6.45) is 2.96. The van der Waals surface area contributed by atoms with Crippen molar-refractivity contribution in [2.24, 2.45) is 5.10 Å². The number of anilines is 1. The van der Waals surface area contributed by atoms with Crippen LogP contribution in [0.5, 0.6) is 0 Å². The number of hydrogen-bond acceptors (Lipinski definition) is 8. The van der Waals surface area contributed by atoms with E-state index in [1.54, 1.807) is 18.0 Å². The molecule has 2 aromatic heterocycles. The van der Waals surface area contributed by atoms with E-state index in [1.165, 1.54) is 21.8 Å². The molecule has 176 valence electrons. The Labute approximate surface area is 191 Å². The summed E-state index contributed by atoms with van der Waals surface area (Å²) < 4.78 is 42.8. The Morgan fingerprint density at radius 1 is 1.06 bits per heavy atom. The standard InChI is InChI=1S/C20H19F3N10O/c1-12-27-28-29-32(12)18-16(23)11-24-19(26-18)30-4-6-31(7-5-30)20(34)33-17(2-3-25-33)13-8-14(21)10-15(22)9-13/h3,8-11,17H,2,4-7H2,1H3/t17-/m0/s1. The number of piperazine rings is 1. The molecule has 0 spiro atoms. The van der Waals surface area contributed by atoms with Gasteiger partial charge in [0.1, 0.15) is 11.6 Å². The van der Waals surface area contributed by atoms with Crippen LogP contribution >= 0.6 is 0 Å². The van der Waals surface area contributed by atoms with Crippen LogP contribution in [-0.4, -0.2) is 78.5 Å². The van der Waals surface area contributed by atoms with Gasteiger partial charge in [-0.25, -0.2) is 28.0 Å². The number of amides is 2. The summed E-state index contributed by atoms with van der Waals surface area (Å²) in [5, 5.41) is 16.4. The molecule has 1 aromatic carbocycles. The normalized spacial score (nSPS) is 18.1. The van der Waals surface area contributed by atoms with Crippen LogP contribution in [-0.2, 0) is 0 Å². The number of urea groups is 1. The van der Waals surface area contributed by atoms with Gasteiger partial charge < -0.3 is 9.80 Å². The number of halogens is 3. The summed E-state index contributed by atoms with van der Waals surface area (Å²) in [6, 6.07) is 2.24. The van der Waals surface area contributed by atoms with Crippen molar-refractivity contribution in [2.45, 2.75) is 19.4 Å². The van der Waals surface area contributed by atoms with Crippen LogP contribution in [0.3, 0.4) is 0 Å². The van der Waals surface area contributed by atoms with E-state index in [0.717, 1.165) is 12.3 Å². The van der Waals surface area contributed by atoms with Gasteiger partial charge in [0.25, 0.3) is 0 Å². The average Bonchev–Trinajstić information content (AvgIpc) is 3.48. The van der Waals surface area contributed by atoms with E-state index in [1.807, 2.05) is 4.90 Å². The first-order chi connectivity index (χ1) is 16.4. The van der Waals surface area contributed by atoms with E-state index in [2.05, 4.69) is 30.6 Å². The maximum absolute atomic E-state index is 14.3. The van der Waals surface area contributed by atoms with Gasteiger partial charge in [0.05, 0.1) is 12.2 Å². The summed E-state index contributed by atoms with van der Waals surface area (Å²) in [5.41, 5.74) is 0.340. The van der Waals surface area contributed by atoms with Gasteiger partial charge in [-0.3, -0.25) is 0 Å². The fourth-order valence-electron chi connectivity index (χ4n) is 3.96. The van der Waals surface area contributed by atoms with Gasteiger partial charge in [-0.15, -0.1) is 5.10 Å². The maximum Gasteiger partial charge on any atom is 0.341 e. The van der Waals surface area contributed by atoms with Crippen LogP contribution in [0.4, 0.5) is 23.9 Å². The van der Waals surface area contributed by atoms with Crippen molar-refractivity contribution < 1.29 is 18.0 Å². The zero-order chi connectivity index (χ0) is 23.8. The second-order valence-corrected chi connectivity index (χ2v) is 7.83. The molecule has 11 nitrogen and oxygen atoms in total. The number of hydrazone groups is 1. The molecule has 0 N–H and O–H groups in total. The maximum atomic E-state index is 14.3. The molecule has 3 aromatic rings. The number of carbonyl (C=O) groups is 1. The van der Waals surface area contributed by atoms with Gasteiger partial charge in [0.2, 0.25) is 5.95 Å². The highest BCUT2D eigenvalue weighted by atomic mass is 19.1. The minimum atomic E-state index is -0.710. The monoisotopic (exact) mass is 472 g/mol. The third-order valence-electron chi connectivity index (χ3n) is 5.67. The minimum absolute atomic E-state index is 0.0671. The molecule has 2 amide bonds. The van der Waals surface area contributed by atoms with Crippen LogP contribution in [0.1, 0.15) is 23.9 Å². The van der Waals surface area contributed by atoms with Crippen molar-refractivity contribution in [3.05, 3.63) is 53.2 Å². The molecule has 1 fully saturated rings. The van der Waals surface area contributed by atoms with Crippen molar-refractivity contribution >= 4 is 18.2 Å². The summed E-state index contributed by atoms with van der Waals surface area (Å²) >= 11 is 0. The molecule has 0 aliphatic carbocycles. The van der Waals surface area contributed by atoms with E-state index in [9.17, 15) is 18.0 Å². The Bertz CT molecular complexity index is 1240. The fourth-order valence-corrected chi connectivity index (χ4v) is 3.96. The van der Waals surface area contributed by atoms with E-state index < -0.39 is 23.5 Å². The molecule has 4 heterocycles. The molecule has 0 unspecified atom stereocenters. The number of tetrazole rings is 1. The molecule has 34 heavy (non-hydrogen) atoms. The Morgan fingerprint density at radius 2 is 1.79 bits per heavy atom. The lowest BCUT2D eigenvalue weighted by molar-refractivity contribution is 0.139. The summed E-state index contributed by atoms with van der Waals surface area (Å²) in [4.78, 5) is 24.9. The lowest BCUT2D eigenvalue weighted by Gasteiger charge is -2.37. The number of benzene rings is 1. The highest BCUT2D eigenvalue weighted by molar-refractivity contribution is 5.78. The third-order valence-corrected chi connectivity index (χ3v) is 5.67. The topological polar surface area (TPSA) is 109 Å². The smallest absolute Gasteiger partial charge is 0.337 e. The molecule has 2 aliphatic rings. The number of nitrogens with zero attached hydrogens (tertiary/aromatic N) is 10. The highest BCUT2D eigenvalue weighted by Gasteiger charge is 2.34. The van der Waals surface area contributed by atoms with Crippen LogP contribution < -0.4 is 4.90 Å². The molecular formula is C20H19F3N10O. The number of hydrogen-bond donors (Lipinski definition) is 0. The average molecular weight is 472 g/mol.